The first-order chi connectivity index (χ1) is 8.91. The Morgan fingerprint density at radius 1 is 0.842 bits per heavy atom. The van der Waals surface area contributed by atoms with Gasteiger partial charge in [0, 0.05) is 21.7 Å². The molecule has 0 spiro atoms. The molecule has 0 bridgehead atoms. The van der Waals surface area contributed by atoms with Crippen LogP contribution < -0.4 is 5.43 Å². The van der Waals surface area contributed by atoms with Gasteiger partial charge in [0.15, 0.2) is 5.43 Å². The lowest BCUT2D eigenvalue weighted by molar-refractivity contribution is 0.586. The Morgan fingerprint density at radius 2 is 1.37 bits per heavy atom. The summed E-state index contributed by atoms with van der Waals surface area (Å²) in [5.74, 6) is 0. The van der Waals surface area contributed by atoms with Crippen molar-refractivity contribution in [3.05, 3.63) is 69.3 Å². The van der Waals surface area contributed by atoms with Crippen LogP contribution in [-0.2, 0) is 5.41 Å². The third kappa shape index (κ3) is 2.87. The molecule has 0 amide bonds. The second kappa shape index (κ2) is 5.18. The number of benzene rings is 1. The summed E-state index contributed by atoms with van der Waals surface area (Å²) in [6, 6.07) is 15.0. The van der Waals surface area contributed by atoms with E-state index in [1.807, 2.05) is 63.2 Å². The van der Waals surface area contributed by atoms with Crippen LogP contribution in [0.5, 0.6) is 0 Å². The van der Waals surface area contributed by atoms with Crippen molar-refractivity contribution in [3.8, 4) is 11.1 Å². The molecule has 0 aromatic heterocycles. The van der Waals surface area contributed by atoms with Gasteiger partial charge in [0.25, 0.3) is 0 Å². The number of halogens is 1. The maximum atomic E-state index is 12.7. The summed E-state index contributed by atoms with van der Waals surface area (Å²) in [6.07, 6.45) is 0. The smallest absolute Gasteiger partial charge is 0.190 e. The highest BCUT2D eigenvalue weighted by molar-refractivity contribution is 6.33. The van der Waals surface area contributed by atoms with Crippen LogP contribution in [0.2, 0.25) is 5.02 Å². The van der Waals surface area contributed by atoms with E-state index in [-0.39, 0.29) is 10.8 Å². The second-order valence-electron chi connectivity index (χ2n) is 5.60. The van der Waals surface area contributed by atoms with E-state index in [2.05, 4.69) is 0 Å². The average Bonchev–Trinajstić information content (AvgIpc) is 2.51. The summed E-state index contributed by atoms with van der Waals surface area (Å²) in [4.78, 5) is 12.7. The van der Waals surface area contributed by atoms with Gasteiger partial charge >= 0.3 is 0 Å². The van der Waals surface area contributed by atoms with Crippen LogP contribution in [0.3, 0.4) is 0 Å². The van der Waals surface area contributed by atoms with E-state index >= 15 is 0 Å². The summed E-state index contributed by atoms with van der Waals surface area (Å²) in [5, 5.41) is 0.602. The van der Waals surface area contributed by atoms with Gasteiger partial charge in [-0.1, -0.05) is 74.8 Å². The Labute approximate surface area is 118 Å². The van der Waals surface area contributed by atoms with Gasteiger partial charge in [-0.2, -0.15) is 0 Å². The number of hydrogen-bond acceptors (Lipinski definition) is 1. The fourth-order valence-electron chi connectivity index (χ4n) is 2.08. The predicted molar refractivity (Wildman–Crippen MR) is 81.9 cm³/mol. The molecule has 0 fully saturated rings. The molecule has 2 aromatic carbocycles. The van der Waals surface area contributed by atoms with E-state index in [4.69, 9.17) is 11.6 Å². The third-order valence-corrected chi connectivity index (χ3v) is 3.43. The van der Waals surface area contributed by atoms with Gasteiger partial charge < -0.3 is 0 Å². The molecule has 0 aliphatic heterocycles. The monoisotopic (exact) mass is 272 g/mol. The quantitative estimate of drug-likeness (QED) is 0.738. The van der Waals surface area contributed by atoms with E-state index < -0.39 is 0 Å². The van der Waals surface area contributed by atoms with Gasteiger partial charge in [-0.25, -0.2) is 0 Å². The van der Waals surface area contributed by atoms with E-state index in [9.17, 15) is 4.79 Å². The lowest BCUT2D eigenvalue weighted by Crippen LogP contribution is -2.21. The molecule has 0 heterocycles. The SMILES string of the molecule is CC(C)(C)c1ccccc(-c2ccccc2Cl)c1=O. The Kier molecular flexibility index (Phi) is 3.77. The molecule has 0 atom stereocenters. The molecule has 0 aliphatic carbocycles. The molecule has 0 aliphatic rings. The minimum Gasteiger partial charge on any atom is -0.289 e. The first kappa shape index (κ1) is 13.8. The Morgan fingerprint density at radius 3 is 1.95 bits per heavy atom. The fraction of sp³-hybridized carbons (Fsp3) is 0.235. The molecule has 98 valence electrons. The molecule has 0 radical (unpaired) electrons. The fourth-order valence-corrected chi connectivity index (χ4v) is 2.32. The van der Waals surface area contributed by atoms with E-state index in [0.29, 0.717) is 10.6 Å². The third-order valence-electron chi connectivity index (χ3n) is 3.10. The summed E-state index contributed by atoms with van der Waals surface area (Å²) in [6.45, 7) is 6.13. The minimum absolute atomic E-state index is 0.0469. The zero-order valence-electron chi connectivity index (χ0n) is 11.4. The van der Waals surface area contributed by atoms with Crippen LogP contribution in [0.15, 0.2) is 53.3 Å². The van der Waals surface area contributed by atoms with Crippen molar-refractivity contribution in [2.24, 2.45) is 0 Å². The average molecular weight is 273 g/mol. The topological polar surface area (TPSA) is 17.1 Å². The minimum atomic E-state index is -0.188. The van der Waals surface area contributed by atoms with Crippen molar-refractivity contribution in [3.63, 3.8) is 0 Å². The predicted octanol–water partition coefficient (Wildman–Crippen LogP) is 4.66. The van der Waals surface area contributed by atoms with Crippen LogP contribution in [-0.4, -0.2) is 0 Å². The summed E-state index contributed by atoms with van der Waals surface area (Å²) >= 11 is 6.20. The van der Waals surface area contributed by atoms with Crippen molar-refractivity contribution < 1.29 is 0 Å². The van der Waals surface area contributed by atoms with Gasteiger partial charge in [-0.05, 0) is 11.5 Å². The number of rotatable bonds is 1. The first-order valence-electron chi connectivity index (χ1n) is 6.30. The standard InChI is InChI=1S/C17H17ClO/c1-17(2,3)14-10-6-4-9-13(16(14)19)12-8-5-7-11-15(12)18/h4-11H,1-3H3. The Bertz CT molecular complexity index is 654. The Balaban J connectivity index is 2.78. The zero-order chi connectivity index (χ0) is 14.0. The van der Waals surface area contributed by atoms with Crippen LogP contribution in [0.25, 0.3) is 11.1 Å². The lowest BCUT2D eigenvalue weighted by atomic mass is 9.86. The molecular formula is C17H17ClO. The van der Waals surface area contributed by atoms with Crippen molar-refractivity contribution in [1.29, 1.82) is 0 Å². The molecule has 2 aromatic rings. The molecular weight excluding hydrogens is 256 g/mol. The van der Waals surface area contributed by atoms with E-state index in [1.165, 1.54) is 0 Å². The van der Waals surface area contributed by atoms with Crippen LogP contribution in [0.4, 0.5) is 0 Å². The molecule has 0 N–H and O–H groups in total. The van der Waals surface area contributed by atoms with E-state index in [1.54, 1.807) is 6.07 Å². The van der Waals surface area contributed by atoms with Crippen LogP contribution >= 0.6 is 11.6 Å². The molecule has 19 heavy (non-hydrogen) atoms. The van der Waals surface area contributed by atoms with Gasteiger partial charge in [-0.3, -0.25) is 4.79 Å². The lowest BCUT2D eigenvalue weighted by Gasteiger charge is -2.17. The Hall–Kier alpha value is -1.60. The molecule has 0 saturated carbocycles. The number of hydrogen-bond donors (Lipinski definition) is 0. The highest BCUT2D eigenvalue weighted by atomic mass is 35.5. The van der Waals surface area contributed by atoms with Crippen molar-refractivity contribution in [1.82, 2.24) is 0 Å². The first-order valence-corrected chi connectivity index (χ1v) is 6.68. The van der Waals surface area contributed by atoms with Gasteiger partial charge in [0.2, 0.25) is 0 Å². The zero-order valence-corrected chi connectivity index (χ0v) is 12.2. The summed E-state index contributed by atoms with van der Waals surface area (Å²) in [5.41, 5.74) is 2.10. The summed E-state index contributed by atoms with van der Waals surface area (Å²) < 4.78 is 0. The maximum Gasteiger partial charge on any atom is 0.190 e. The van der Waals surface area contributed by atoms with Crippen molar-refractivity contribution >= 4 is 11.6 Å². The van der Waals surface area contributed by atoms with Crippen LogP contribution in [0, 0.1) is 0 Å². The highest BCUT2D eigenvalue weighted by Gasteiger charge is 2.18. The van der Waals surface area contributed by atoms with Crippen LogP contribution in [0.1, 0.15) is 26.3 Å². The van der Waals surface area contributed by atoms with Gasteiger partial charge in [-0.15, -0.1) is 0 Å². The summed E-state index contributed by atoms with van der Waals surface area (Å²) in [7, 11) is 0. The molecule has 2 heteroatoms. The largest absolute Gasteiger partial charge is 0.289 e. The maximum absolute atomic E-state index is 12.7. The van der Waals surface area contributed by atoms with Gasteiger partial charge in [0.1, 0.15) is 0 Å². The molecule has 0 unspecified atom stereocenters. The van der Waals surface area contributed by atoms with Crippen molar-refractivity contribution in [2.45, 2.75) is 26.2 Å². The molecule has 0 saturated heterocycles. The van der Waals surface area contributed by atoms with E-state index in [0.717, 1.165) is 11.1 Å². The molecule has 1 nitrogen and oxygen atoms in total. The highest BCUT2D eigenvalue weighted by Crippen LogP contribution is 2.26. The normalized spacial score (nSPS) is 11.4. The van der Waals surface area contributed by atoms with Crippen molar-refractivity contribution in [2.75, 3.05) is 0 Å². The van der Waals surface area contributed by atoms with Gasteiger partial charge in [0.05, 0.1) is 0 Å². The molecule has 2 rings (SSSR count). The second-order valence-corrected chi connectivity index (χ2v) is 6.01.